The third-order valence-electron chi connectivity index (χ3n) is 2.99. The monoisotopic (exact) mass is 170 g/mol. The Morgan fingerprint density at radius 3 is 2.67 bits per heavy atom. The van der Waals surface area contributed by atoms with E-state index < -0.39 is 0 Å². The van der Waals surface area contributed by atoms with Crippen LogP contribution in [0, 0.1) is 11.8 Å². The molecule has 0 heterocycles. The summed E-state index contributed by atoms with van der Waals surface area (Å²) >= 11 is 0. The number of hydrogen-bond donors (Lipinski definition) is 0. The third kappa shape index (κ3) is 3.14. The van der Waals surface area contributed by atoms with Crippen molar-refractivity contribution in [1.29, 1.82) is 0 Å². The SMILES string of the molecule is CCCC1CCCC(COC)C1. The summed E-state index contributed by atoms with van der Waals surface area (Å²) in [6.45, 7) is 3.28. The molecule has 1 aliphatic rings. The Bertz CT molecular complexity index is 95.6. The molecule has 1 heteroatoms. The van der Waals surface area contributed by atoms with Gasteiger partial charge in [0.2, 0.25) is 0 Å². The minimum Gasteiger partial charge on any atom is -0.384 e. The second-order valence-corrected chi connectivity index (χ2v) is 4.14. The molecule has 0 aromatic heterocycles. The maximum Gasteiger partial charge on any atom is 0.0490 e. The van der Waals surface area contributed by atoms with Gasteiger partial charge in [-0.25, -0.2) is 0 Å². The third-order valence-corrected chi connectivity index (χ3v) is 2.99. The van der Waals surface area contributed by atoms with Gasteiger partial charge in [0.1, 0.15) is 0 Å². The lowest BCUT2D eigenvalue weighted by Gasteiger charge is -2.28. The quantitative estimate of drug-likeness (QED) is 0.629. The van der Waals surface area contributed by atoms with Crippen molar-refractivity contribution in [3.63, 3.8) is 0 Å². The standard InChI is InChI=1S/C11H22O/c1-3-5-10-6-4-7-11(8-10)9-12-2/h10-11H,3-9H2,1-2H3. The molecule has 0 aromatic carbocycles. The van der Waals surface area contributed by atoms with Gasteiger partial charge in [-0.05, 0) is 24.7 Å². The highest BCUT2D eigenvalue weighted by Gasteiger charge is 2.20. The molecule has 1 rings (SSSR count). The fraction of sp³-hybridized carbons (Fsp3) is 1.00. The van der Waals surface area contributed by atoms with Crippen LogP contribution < -0.4 is 0 Å². The maximum atomic E-state index is 5.21. The van der Waals surface area contributed by atoms with E-state index >= 15 is 0 Å². The molecule has 0 bridgehead atoms. The zero-order valence-corrected chi connectivity index (χ0v) is 8.51. The molecule has 2 unspecified atom stereocenters. The first kappa shape index (κ1) is 10.0. The summed E-state index contributed by atoms with van der Waals surface area (Å²) in [4.78, 5) is 0. The molecule has 0 aromatic rings. The van der Waals surface area contributed by atoms with Crippen LogP contribution in [0.3, 0.4) is 0 Å². The van der Waals surface area contributed by atoms with E-state index in [2.05, 4.69) is 6.92 Å². The van der Waals surface area contributed by atoms with Gasteiger partial charge in [-0.1, -0.05) is 32.6 Å². The molecule has 0 radical (unpaired) electrons. The molecule has 2 atom stereocenters. The van der Waals surface area contributed by atoms with Crippen LogP contribution in [-0.4, -0.2) is 13.7 Å². The normalized spacial score (nSPS) is 30.5. The molecule has 72 valence electrons. The highest BCUT2D eigenvalue weighted by Crippen LogP contribution is 2.31. The summed E-state index contributed by atoms with van der Waals surface area (Å²) in [5.41, 5.74) is 0. The zero-order valence-electron chi connectivity index (χ0n) is 8.51. The van der Waals surface area contributed by atoms with E-state index in [-0.39, 0.29) is 0 Å². The lowest BCUT2D eigenvalue weighted by molar-refractivity contribution is 0.112. The first-order chi connectivity index (χ1) is 5.86. The van der Waals surface area contributed by atoms with Gasteiger partial charge in [0.15, 0.2) is 0 Å². The minimum absolute atomic E-state index is 0.861. The van der Waals surface area contributed by atoms with Crippen molar-refractivity contribution in [3.05, 3.63) is 0 Å². The van der Waals surface area contributed by atoms with Gasteiger partial charge in [0.05, 0.1) is 0 Å². The smallest absolute Gasteiger partial charge is 0.0490 e. The predicted octanol–water partition coefficient (Wildman–Crippen LogP) is 3.24. The molecule has 0 saturated heterocycles. The number of hydrogen-bond acceptors (Lipinski definition) is 1. The van der Waals surface area contributed by atoms with Crippen molar-refractivity contribution < 1.29 is 4.74 Å². The molecule has 0 spiro atoms. The average molecular weight is 170 g/mol. The summed E-state index contributed by atoms with van der Waals surface area (Å²) in [7, 11) is 1.82. The van der Waals surface area contributed by atoms with Crippen LogP contribution >= 0.6 is 0 Å². The fourth-order valence-electron chi connectivity index (χ4n) is 2.46. The van der Waals surface area contributed by atoms with Gasteiger partial charge < -0.3 is 4.74 Å². The Labute approximate surface area is 76.5 Å². The highest BCUT2D eigenvalue weighted by atomic mass is 16.5. The molecule has 1 nitrogen and oxygen atoms in total. The van der Waals surface area contributed by atoms with Crippen LogP contribution in [0.25, 0.3) is 0 Å². The Morgan fingerprint density at radius 1 is 1.25 bits per heavy atom. The van der Waals surface area contributed by atoms with Crippen LogP contribution in [0.15, 0.2) is 0 Å². The largest absolute Gasteiger partial charge is 0.384 e. The molecule has 0 amide bonds. The molecule has 0 aliphatic heterocycles. The summed E-state index contributed by atoms with van der Waals surface area (Å²) in [6, 6.07) is 0. The molecule has 1 saturated carbocycles. The zero-order chi connectivity index (χ0) is 8.81. The number of methoxy groups -OCH3 is 1. The molecule has 1 aliphatic carbocycles. The lowest BCUT2D eigenvalue weighted by atomic mass is 9.80. The van der Waals surface area contributed by atoms with Crippen molar-refractivity contribution in [2.45, 2.75) is 45.4 Å². The Kier molecular flexibility index (Phi) is 4.67. The van der Waals surface area contributed by atoms with E-state index in [4.69, 9.17) is 4.74 Å². The lowest BCUT2D eigenvalue weighted by Crippen LogP contribution is -2.19. The van der Waals surface area contributed by atoms with Gasteiger partial charge in [0, 0.05) is 13.7 Å². The van der Waals surface area contributed by atoms with E-state index in [9.17, 15) is 0 Å². The second-order valence-electron chi connectivity index (χ2n) is 4.14. The number of rotatable bonds is 4. The Balaban J connectivity index is 2.20. The highest BCUT2D eigenvalue weighted by molar-refractivity contribution is 4.72. The van der Waals surface area contributed by atoms with Crippen LogP contribution in [0.2, 0.25) is 0 Å². The fourth-order valence-corrected chi connectivity index (χ4v) is 2.46. The minimum atomic E-state index is 0.861. The number of ether oxygens (including phenoxy) is 1. The summed E-state index contributed by atoms with van der Waals surface area (Å²) < 4.78 is 5.21. The van der Waals surface area contributed by atoms with Gasteiger partial charge in [0.25, 0.3) is 0 Å². The maximum absolute atomic E-state index is 5.21. The molecule has 0 N–H and O–H groups in total. The van der Waals surface area contributed by atoms with Crippen molar-refractivity contribution in [2.75, 3.05) is 13.7 Å². The summed E-state index contributed by atoms with van der Waals surface area (Å²) in [5.74, 6) is 1.86. The Morgan fingerprint density at radius 2 is 2.00 bits per heavy atom. The van der Waals surface area contributed by atoms with Crippen LogP contribution in [0.4, 0.5) is 0 Å². The molecular weight excluding hydrogens is 148 g/mol. The molecular formula is C11H22O. The van der Waals surface area contributed by atoms with Crippen molar-refractivity contribution in [1.82, 2.24) is 0 Å². The Hall–Kier alpha value is -0.0400. The second kappa shape index (κ2) is 5.58. The van der Waals surface area contributed by atoms with E-state index in [1.807, 2.05) is 7.11 Å². The summed E-state index contributed by atoms with van der Waals surface area (Å²) in [5, 5.41) is 0. The van der Waals surface area contributed by atoms with Crippen LogP contribution in [-0.2, 0) is 4.74 Å². The van der Waals surface area contributed by atoms with Gasteiger partial charge in [-0.15, -0.1) is 0 Å². The van der Waals surface area contributed by atoms with Gasteiger partial charge in [-0.2, -0.15) is 0 Å². The first-order valence-corrected chi connectivity index (χ1v) is 5.35. The van der Waals surface area contributed by atoms with Crippen LogP contribution in [0.5, 0.6) is 0 Å². The van der Waals surface area contributed by atoms with Gasteiger partial charge >= 0.3 is 0 Å². The molecule has 12 heavy (non-hydrogen) atoms. The summed E-state index contributed by atoms with van der Waals surface area (Å²) in [6.07, 6.45) is 8.49. The van der Waals surface area contributed by atoms with Crippen molar-refractivity contribution in [2.24, 2.45) is 11.8 Å². The van der Waals surface area contributed by atoms with Gasteiger partial charge in [-0.3, -0.25) is 0 Å². The van der Waals surface area contributed by atoms with E-state index in [0.29, 0.717) is 0 Å². The first-order valence-electron chi connectivity index (χ1n) is 5.35. The van der Waals surface area contributed by atoms with E-state index in [0.717, 1.165) is 18.4 Å². The van der Waals surface area contributed by atoms with E-state index in [1.165, 1.54) is 38.5 Å². The average Bonchev–Trinajstić information content (AvgIpc) is 2.06. The van der Waals surface area contributed by atoms with Crippen molar-refractivity contribution >= 4 is 0 Å². The van der Waals surface area contributed by atoms with E-state index in [1.54, 1.807) is 0 Å². The molecule has 1 fully saturated rings. The van der Waals surface area contributed by atoms with Crippen molar-refractivity contribution in [3.8, 4) is 0 Å². The predicted molar refractivity (Wildman–Crippen MR) is 52.2 cm³/mol. The topological polar surface area (TPSA) is 9.23 Å². The van der Waals surface area contributed by atoms with Crippen LogP contribution in [0.1, 0.15) is 45.4 Å².